The van der Waals surface area contributed by atoms with E-state index in [1.807, 2.05) is 13.8 Å². The fourth-order valence-electron chi connectivity index (χ4n) is 2.60. The topological polar surface area (TPSA) is 80.6 Å². The molecule has 2 rings (SSSR count). The van der Waals surface area contributed by atoms with Crippen LogP contribution in [0.15, 0.2) is 12.1 Å². The molecule has 2 aromatic rings. The first-order valence-electron chi connectivity index (χ1n) is 7.64. The van der Waals surface area contributed by atoms with Crippen molar-refractivity contribution in [3.8, 4) is 23.3 Å². The highest BCUT2D eigenvalue weighted by atomic mass is 32.1. The minimum Gasteiger partial charge on any atom is -0.493 e. The molecule has 0 aliphatic carbocycles. The van der Waals surface area contributed by atoms with E-state index in [2.05, 4.69) is 11.4 Å². The van der Waals surface area contributed by atoms with E-state index in [0.717, 1.165) is 16.9 Å². The maximum atomic E-state index is 12.7. The Morgan fingerprint density at radius 3 is 2.24 bits per heavy atom. The van der Waals surface area contributed by atoms with Gasteiger partial charge in [0.1, 0.15) is 11.1 Å². The molecule has 0 spiro atoms. The van der Waals surface area contributed by atoms with Gasteiger partial charge in [-0.05, 0) is 31.0 Å². The van der Waals surface area contributed by atoms with Gasteiger partial charge in [-0.25, -0.2) is 0 Å². The summed E-state index contributed by atoms with van der Waals surface area (Å²) < 4.78 is 15.8. The number of hydrogen-bond acceptors (Lipinski definition) is 6. The highest BCUT2D eigenvalue weighted by Gasteiger charge is 2.20. The average Bonchev–Trinajstić information content (AvgIpc) is 2.93. The third-order valence-electron chi connectivity index (χ3n) is 3.83. The highest BCUT2D eigenvalue weighted by molar-refractivity contribution is 7.16. The minimum atomic E-state index is -0.348. The van der Waals surface area contributed by atoms with Crippen LogP contribution in [0.4, 0.5) is 5.00 Å². The number of carbonyl (C=O) groups excluding carboxylic acids is 1. The molecular weight excluding hydrogens is 340 g/mol. The maximum absolute atomic E-state index is 12.7. The second kappa shape index (κ2) is 7.90. The Kier molecular flexibility index (Phi) is 5.88. The molecule has 0 unspecified atom stereocenters. The number of methoxy groups -OCH3 is 3. The van der Waals surface area contributed by atoms with E-state index in [1.165, 1.54) is 32.7 Å². The second-order valence-corrected chi connectivity index (χ2v) is 6.40. The minimum absolute atomic E-state index is 0.348. The van der Waals surface area contributed by atoms with Gasteiger partial charge in [0.15, 0.2) is 11.5 Å². The molecule has 0 radical (unpaired) electrons. The molecule has 1 N–H and O–H groups in total. The van der Waals surface area contributed by atoms with Gasteiger partial charge in [0, 0.05) is 10.4 Å². The normalized spacial score (nSPS) is 10.1. The molecule has 0 aliphatic rings. The molecule has 1 amide bonds. The van der Waals surface area contributed by atoms with Crippen LogP contribution in [0.5, 0.6) is 17.2 Å². The first-order valence-corrected chi connectivity index (χ1v) is 8.45. The van der Waals surface area contributed by atoms with Crippen molar-refractivity contribution in [2.24, 2.45) is 0 Å². The predicted molar refractivity (Wildman–Crippen MR) is 97.2 cm³/mol. The van der Waals surface area contributed by atoms with Crippen LogP contribution in [0.25, 0.3) is 0 Å². The average molecular weight is 360 g/mol. The molecule has 0 saturated heterocycles. The van der Waals surface area contributed by atoms with Crippen molar-refractivity contribution in [1.29, 1.82) is 5.26 Å². The van der Waals surface area contributed by atoms with Crippen LogP contribution in [-0.2, 0) is 6.42 Å². The van der Waals surface area contributed by atoms with Crippen molar-refractivity contribution < 1.29 is 19.0 Å². The van der Waals surface area contributed by atoms with Gasteiger partial charge in [-0.1, -0.05) is 6.92 Å². The number of ether oxygens (including phenoxy) is 3. The molecule has 1 heterocycles. The highest BCUT2D eigenvalue weighted by Crippen LogP contribution is 2.39. The first-order chi connectivity index (χ1) is 12.0. The number of carbonyl (C=O) groups is 1. The van der Waals surface area contributed by atoms with Crippen LogP contribution >= 0.6 is 11.3 Å². The number of nitriles is 1. The fourth-order valence-corrected chi connectivity index (χ4v) is 3.69. The molecule has 0 bridgehead atoms. The van der Waals surface area contributed by atoms with Crippen molar-refractivity contribution >= 4 is 22.2 Å². The van der Waals surface area contributed by atoms with Crippen LogP contribution in [0, 0.1) is 18.3 Å². The van der Waals surface area contributed by atoms with E-state index in [-0.39, 0.29) is 5.91 Å². The van der Waals surface area contributed by atoms with Gasteiger partial charge in [-0.2, -0.15) is 5.26 Å². The van der Waals surface area contributed by atoms with E-state index >= 15 is 0 Å². The molecule has 1 aromatic carbocycles. The Bertz CT molecular complexity index is 811. The zero-order chi connectivity index (χ0) is 18.6. The molecule has 6 nitrogen and oxygen atoms in total. The molecule has 7 heteroatoms. The van der Waals surface area contributed by atoms with E-state index in [0.29, 0.717) is 33.4 Å². The summed E-state index contributed by atoms with van der Waals surface area (Å²) in [4.78, 5) is 13.7. The van der Waals surface area contributed by atoms with Gasteiger partial charge in [-0.3, -0.25) is 4.79 Å². The number of anilines is 1. The number of nitrogens with one attached hydrogen (secondary N) is 1. The van der Waals surface area contributed by atoms with Gasteiger partial charge in [-0.15, -0.1) is 11.3 Å². The third kappa shape index (κ3) is 3.54. The number of amides is 1. The monoisotopic (exact) mass is 360 g/mol. The lowest BCUT2D eigenvalue weighted by molar-refractivity contribution is 0.102. The van der Waals surface area contributed by atoms with E-state index < -0.39 is 0 Å². The van der Waals surface area contributed by atoms with E-state index in [4.69, 9.17) is 14.2 Å². The van der Waals surface area contributed by atoms with Gasteiger partial charge in [0.25, 0.3) is 5.91 Å². The predicted octanol–water partition coefficient (Wildman–Crippen LogP) is 3.77. The van der Waals surface area contributed by atoms with Crippen molar-refractivity contribution in [3.63, 3.8) is 0 Å². The van der Waals surface area contributed by atoms with Crippen molar-refractivity contribution in [3.05, 3.63) is 33.7 Å². The summed E-state index contributed by atoms with van der Waals surface area (Å²) in [6.07, 6.45) is 0.741. The zero-order valence-corrected chi connectivity index (χ0v) is 15.7. The number of aryl methyl sites for hydroxylation is 1. The summed E-state index contributed by atoms with van der Waals surface area (Å²) in [6, 6.07) is 5.33. The van der Waals surface area contributed by atoms with Crippen molar-refractivity contribution in [2.75, 3.05) is 26.6 Å². The molecule has 0 saturated carbocycles. The molecule has 0 atom stereocenters. The quantitative estimate of drug-likeness (QED) is 0.848. The number of benzene rings is 1. The summed E-state index contributed by atoms with van der Waals surface area (Å²) >= 11 is 1.40. The lowest BCUT2D eigenvalue weighted by Gasteiger charge is -2.14. The number of thiophene rings is 1. The Balaban J connectivity index is 2.41. The van der Waals surface area contributed by atoms with Gasteiger partial charge >= 0.3 is 0 Å². The van der Waals surface area contributed by atoms with Gasteiger partial charge in [0.2, 0.25) is 5.75 Å². The maximum Gasteiger partial charge on any atom is 0.256 e. The van der Waals surface area contributed by atoms with E-state index in [1.54, 1.807) is 12.1 Å². The van der Waals surface area contributed by atoms with Crippen LogP contribution in [0.2, 0.25) is 0 Å². The van der Waals surface area contributed by atoms with Gasteiger partial charge in [0.05, 0.1) is 26.9 Å². The molecule has 0 fully saturated rings. The zero-order valence-electron chi connectivity index (χ0n) is 14.9. The molecule has 132 valence electrons. The third-order valence-corrected chi connectivity index (χ3v) is 4.89. The molecular formula is C18H20N2O4S. The Labute approximate surface area is 150 Å². The summed E-state index contributed by atoms with van der Waals surface area (Å²) in [5.41, 5.74) is 1.83. The van der Waals surface area contributed by atoms with Crippen molar-refractivity contribution in [1.82, 2.24) is 0 Å². The lowest BCUT2D eigenvalue weighted by Crippen LogP contribution is -2.12. The van der Waals surface area contributed by atoms with Crippen LogP contribution in [0.3, 0.4) is 0 Å². The Morgan fingerprint density at radius 2 is 1.80 bits per heavy atom. The number of nitrogens with zero attached hydrogens (tertiary/aromatic N) is 1. The number of hydrogen-bond donors (Lipinski definition) is 1. The van der Waals surface area contributed by atoms with Gasteiger partial charge < -0.3 is 19.5 Å². The summed E-state index contributed by atoms with van der Waals surface area (Å²) in [5, 5.41) is 12.8. The summed E-state index contributed by atoms with van der Waals surface area (Å²) in [6.45, 7) is 3.93. The largest absolute Gasteiger partial charge is 0.493 e. The summed E-state index contributed by atoms with van der Waals surface area (Å²) in [7, 11) is 4.48. The molecule has 1 aromatic heterocycles. The summed E-state index contributed by atoms with van der Waals surface area (Å²) in [5.74, 6) is 0.854. The lowest BCUT2D eigenvalue weighted by atomic mass is 10.1. The Hall–Kier alpha value is -2.72. The smallest absolute Gasteiger partial charge is 0.256 e. The first kappa shape index (κ1) is 18.6. The molecule has 25 heavy (non-hydrogen) atoms. The van der Waals surface area contributed by atoms with E-state index in [9.17, 15) is 10.1 Å². The molecule has 0 aliphatic heterocycles. The van der Waals surface area contributed by atoms with Crippen LogP contribution in [-0.4, -0.2) is 27.2 Å². The fraction of sp³-hybridized carbons (Fsp3) is 0.333. The Morgan fingerprint density at radius 1 is 1.20 bits per heavy atom. The standard InChI is InChI=1S/C18H20N2O4S/c1-6-12-10(2)25-18(13(12)9-19)20-17(21)11-7-14(22-3)16(24-5)15(8-11)23-4/h7-8H,6H2,1-5H3,(H,20,21). The van der Waals surface area contributed by atoms with Crippen LogP contribution < -0.4 is 19.5 Å². The second-order valence-electron chi connectivity index (χ2n) is 5.17. The SMILES string of the molecule is CCc1c(C)sc(NC(=O)c2cc(OC)c(OC)c(OC)c2)c1C#N. The number of rotatable bonds is 6. The van der Waals surface area contributed by atoms with Crippen LogP contribution in [0.1, 0.15) is 33.3 Å². The van der Waals surface area contributed by atoms with Crippen molar-refractivity contribution in [2.45, 2.75) is 20.3 Å².